The maximum absolute atomic E-state index is 12.6. The number of nitrogens with one attached hydrogen (secondary N) is 1. The van der Waals surface area contributed by atoms with Crippen molar-refractivity contribution in [2.45, 2.75) is 6.42 Å². The van der Waals surface area contributed by atoms with Crippen molar-refractivity contribution in [3.63, 3.8) is 0 Å². The Morgan fingerprint density at radius 3 is 2.80 bits per heavy atom. The third-order valence-electron chi connectivity index (χ3n) is 4.06. The first-order valence-corrected chi connectivity index (χ1v) is 7.99. The molecule has 4 rings (SSSR count). The summed E-state index contributed by atoms with van der Waals surface area (Å²) >= 11 is 6.01. The Kier molecular flexibility index (Phi) is 3.62. The fraction of sp³-hybridized carbons (Fsp3) is 0.111. The summed E-state index contributed by atoms with van der Waals surface area (Å²) in [5.41, 5.74) is 7.43. The number of anilines is 1. The summed E-state index contributed by atoms with van der Waals surface area (Å²) in [7, 11) is 0. The van der Waals surface area contributed by atoms with Crippen molar-refractivity contribution in [1.29, 1.82) is 0 Å². The summed E-state index contributed by atoms with van der Waals surface area (Å²) in [5.74, 6) is -0.477. The lowest BCUT2D eigenvalue weighted by Gasteiger charge is -2.06. The van der Waals surface area contributed by atoms with Crippen LogP contribution in [-0.4, -0.2) is 18.4 Å². The minimum absolute atomic E-state index is 0.116. The molecule has 2 heterocycles. The molecule has 1 aromatic heterocycles. The number of carbonyl (C=O) groups excluding carboxylic acids is 2. The van der Waals surface area contributed by atoms with E-state index < -0.39 is 5.91 Å². The summed E-state index contributed by atoms with van der Waals surface area (Å²) in [5, 5.41) is 3.68. The average molecular weight is 357 g/mol. The molecular weight excluding hydrogens is 344 g/mol. The van der Waals surface area contributed by atoms with Crippen LogP contribution in [0.3, 0.4) is 0 Å². The zero-order chi connectivity index (χ0) is 17.6. The number of rotatable bonds is 3. The number of carbonyl (C=O) groups is 2. The lowest BCUT2D eigenvalue weighted by atomic mass is 10.1. The van der Waals surface area contributed by atoms with Crippen LogP contribution in [0.15, 0.2) is 40.8 Å². The van der Waals surface area contributed by atoms with Gasteiger partial charge in [0.1, 0.15) is 17.0 Å². The molecule has 2 aromatic carbocycles. The number of primary amides is 1. The fourth-order valence-electron chi connectivity index (χ4n) is 2.88. The highest BCUT2D eigenvalue weighted by molar-refractivity contribution is 6.31. The third kappa shape index (κ3) is 2.70. The van der Waals surface area contributed by atoms with Gasteiger partial charge in [-0.15, -0.1) is 0 Å². The normalized spacial score (nSPS) is 12.7. The van der Waals surface area contributed by atoms with Crippen LogP contribution >= 0.6 is 11.6 Å². The standard InChI is InChI=1S/C18H13ClN2O4/c19-11-2-4-14-12(8-11)15(16(25-14)17(20)22)21-18(23)10-1-3-13-9(7-10)5-6-24-13/h1-4,7-8H,5-6H2,(H2,20,22)(H,21,23). The molecule has 0 saturated carbocycles. The third-order valence-corrected chi connectivity index (χ3v) is 4.30. The van der Waals surface area contributed by atoms with E-state index in [4.69, 9.17) is 26.5 Å². The average Bonchev–Trinajstić information content (AvgIpc) is 3.19. The Labute approximate surface area is 147 Å². The molecule has 0 spiro atoms. The van der Waals surface area contributed by atoms with Crippen LogP contribution in [0.5, 0.6) is 5.75 Å². The second-order valence-electron chi connectivity index (χ2n) is 5.69. The SMILES string of the molecule is NC(=O)c1oc2ccc(Cl)cc2c1NC(=O)c1ccc2c(c1)CCO2. The van der Waals surface area contributed by atoms with Crippen molar-refractivity contribution in [2.75, 3.05) is 11.9 Å². The second-order valence-corrected chi connectivity index (χ2v) is 6.12. The van der Waals surface area contributed by atoms with Gasteiger partial charge >= 0.3 is 0 Å². The minimum atomic E-state index is -0.773. The van der Waals surface area contributed by atoms with Gasteiger partial charge in [-0.2, -0.15) is 0 Å². The summed E-state index contributed by atoms with van der Waals surface area (Å²) in [4.78, 5) is 24.3. The Balaban J connectivity index is 1.74. The summed E-state index contributed by atoms with van der Waals surface area (Å²) in [6.45, 7) is 0.608. The predicted molar refractivity (Wildman–Crippen MR) is 93.3 cm³/mol. The van der Waals surface area contributed by atoms with Gasteiger partial charge in [-0.05, 0) is 42.0 Å². The topological polar surface area (TPSA) is 94.6 Å². The molecule has 1 aliphatic rings. The predicted octanol–water partition coefficient (Wildman–Crippen LogP) is 3.37. The molecular formula is C18H13ClN2O4. The molecule has 0 radical (unpaired) electrons. The molecule has 2 amide bonds. The molecule has 1 aliphatic heterocycles. The maximum atomic E-state index is 12.6. The van der Waals surface area contributed by atoms with Gasteiger partial charge in [0.25, 0.3) is 11.8 Å². The van der Waals surface area contributed by atoms with E-state index in [2.05, 4.69) is 5.32 Å². The molecule has 3 N–H and O–H groups in total. The lowest BCUT2D eigenvalue weighted by Crippen LogP contribution is -2.17. The number of ether oxygens (including phenoxy) is 1. The van der Waals surface area contributed by atoms with Gasteiger partial charge in [0.15, 0.2) is 0 Å². The zero-order valence-corrected chi connectivity index (χ0v) is 13.7. The van der Waals surface area contributed by atoms with Crippen molar-refractivity contribution in [3.05, 3.63) is 58.3 Å². The second kappa shape index (κ2) is 5.82. The summed E-state index contributed by atoms with van der Waals surface area (Å²) in [6, 6.07) is 10.1. The number of benzene rings is 2. The van der Waals surface area contributed by atoms with E-state index in [1.807, 2.05) is 0 Å². The van der Waals surface area contributed by atoms with Crippen LogP contribution in [0.25, 0.3) is 11.0 Å². The van der Waals surface area contributed by atoms with Crippen molar-refractivity contribution in [1.82, 2.24) is 0 Å². The highest BCUT2D eigenvalue weighted by atomic mass is 35.5. The van der Waals surface area contributed by atoms with Crippen LogP contribution in [0.2, 0.25) is 5.02 Å². The first kappa shape index (κ1) is 15.5. The largest absolute Gasteiger partial charge is 0.493 e. The van der Waals surface area contributed by atoms with E-state index in [0.29, 0.717) is 28.2 Å². The van der Waals surface area contributed by atoms with Gasteiger partial charge in [0.2, 0.25) is 5.76 Å². The van der Waals surface area contributed by atoms with Gasteiger partial charge in [0, 0.05) is 22.4 Å². The molecule has 7 heteroatoms. The molecule has 3 aromatic rings. The van der Waals surface area contributed by atoms with Crippen LogP contribution in [0.4, 0.5) is 5.69 Å². The van der Waals surface area contributed by atoms with E-state index in [0.717, 1.165) is 17.7 Å². The molecule has 126 valence electrons. The fourth-order valence-corrected chi connectivity index (χ4v) is 3.05. The van der Waals surface area contributed by atoms with Gasteiger partial charge in [0.05, 0.1) is 6.61 Å². The monoisotopic (exact) mass is 356 g/mol. The van der Waals surface area contributed by atoms with Gasteiger partial charge in [-0.25, -0.2) is 0 Å². The van der Waals surface area contributed by atoms with Crippen molar-refractivity contribution < 1.29 is 18.7 Å². The number of hydrogen-bond acceptors (Lipinski definition) is 4. The molecule has 0 aliphatic carbocycles. The number of hydrogen-bond donors (Lipinski definition) is 2. The van der Waals surface area contributed by atoms with E-state index in [1.54, 1.807) is 36.4 Å². The molecule has 0 atom stereocenters. The van der Waals surface area contributed by atoms with Crippen LogP contribution in [-0.2, 0) is 6.42 Å². The van der Waals surface area contributed by atoms with E-state index in [1.165, 1.54) is 0 Å². The molecule has 0 fully saturated rings. The quantitative estimate of drug-likeness (QED) is 0.752. The summed E-state index contributed by atoms with van der Waals surface area (Å²) in [6.07, 6.45) is 0.757. The van der Waals surface area contributed by atoms with E-state index >= 15 is 0 Å². The highest BCUT2D eigenvalue weighted by Gasteiger charge is 2.22. The Hall–Kier alpha value is -2.99. The first-order valence-electron chi connectivity index (χ1n) is 7.62. The smallest absolute Gasteiger partial charge is 0.286 e. The van der Waals surface area contributed by atoms with E-state index in [-0.39, 0.29) is 17.4 Å². The molecule has 0 saturated heterocycles. The first-order chi connectivity index (χ1) is 12.0. The highest BCUT2D eigenvalue weighted by Crippen LogP contribution is 2.33. The Bertz CT molecular complexity index is 1030. The number of nitrogens with two attached hydrogens (primary N) is 1. The van der Waals surface area contributed by atoms with Gasteiger partial charge < -0.3 is 20.2 Å². The van der Waals surface area contributed by atoms with Crippen LogP contribution in [0.1, 0.15) is 26.5 Å². The molecule has 6 nitrogen and oxygen atoms in total. The zero-order valence-electron chi connectivity index (χ0n) is 13.0. The molecule has 0 bridgehead atoms. The van der Waals surface area contributed by atoms with Gasteiger partial charge in [-0.1, -0.05) is 11.6 Å². The van der Waals surface area contributed by atoms with Gasteiger partial charge in [-0.3, -0.25) is 9.59 Å². The van der Waals surface area contributed by atoms with E-state index in [9.17, 15) is 9.59 Å². The number of halogens is 1. The van der Waals surface area contributed by atoms with Crippen LogP contribution < -0.4 is 15.8 Å². The molecule has 25 heavy (non-hydrogen) atoms. The maximum Gasteiger partial charge on any atom is 0.286 e. The lowest BCUT2D eigenvalue weighted by molar-refractivity contribution is 0.0977. The number of amides is 2. The van der Waals surface area contributed by atoms with Crippen molar-refractivity contribution in [2.24, 2.45) is 5.73 Å². The number of furan rings is 1. The number of fused-ring (bicyclic) bond motifs is 2. The summed E-state index contributed by atoms with van der Waals surface area (Å²) < 4.78 is 10.9. The Morgan fingerprint density at radius 2 is 2.00 bits per heavy atom. The minimum Gasteiger partial charge on any atom is -0.493 e. The Morgan fingerprint density at radius 1 is 1.16 bits per heavy atom. The molecule has 0 unspecified atom stereocenters. The van der Waals surface area contributed by atoms with Crippen molar-refractivity contribution >= 4 is 40.1 Å². The van der Waals surface area contributed by atoms with Crippen LogP contribution in [0, 0.1) is 0 Å². The van der Waals surface area contributed by atoms with Crippen molar-refractivity contribution in [3.8, 4) is 5.75 Å².